The molecule has 1 amide bonds. The summed E-state index contributed by atoms with van der Waals surface area (Å²) in [6.45, 7) is 3.73. The second-order valence-electron chi connectivity index (χ2n) is 5.07. The highest BCUT2D eigenvalue weighted by Crippen LogP contribution is 2.17. The predicted molar refractivity (Wildman–Crippen MR) is 73.9 cm³/mol. The van der Waals surface area contributed by atoms with Gasteiger partial charge in [-0.2, -0.15) is 0 Å². The van der Waals surface area contributed by atoms with Crippen LogP contribution in [0.25, 0.3) is 0 Å². The summed E-state index contributed by atoms with van der Waals surface area (Å²) in [5.74, 6) is -0.648. The maximum Gasteiger partial charge on any atom is 0.339 e. The summed E-state index contributed by atoms with van der Waals surface area (Å²) in [6.07, 6.45) is 0.873. The van der Waals surface area contributed by atoms with E-state index in [1.807, 2.05) is 13.8 Å². The SMILES string of the molecule is COC(=O)c1ccccc1NC(=O)CCC(C)(C)N. The number of anilines is 1. The summed E-state index contributed by atoms with van der Waals surface area (Å²) in [7, 11) is 1.30. The number of carbonyl (C=O) groups is 2. The Morgan fingerprint density at radius 1 is 1.32 bits per heavy atom. The van der Waals surface area contributed by atoms with Crippen molar-refractivity contribution in [3.05, 3.63) is 29.8 Å². The fourth-order valence-electron chi connectivity index (χ4n) is 1.53. The molecule has 0 heterocycles. The number of hydrogen-bond donors (Lipinski definition) is 2. The Morgan fingerprint density at radius 2 is 1.95 bits per heavy atom. The van der Waals surface area contributed by atoms with Gasteiger partial charge in [-0.25, -0.2) is 4.79 Å². The first kappa shape index (κ1) is 15.2. The number of rotatable bonds is 5. The van der Waals surface area contributed by atoms with Gasteiger partial charge in [0.15, 0.2) is 0 Å². The molecule has 0 saturated carbocycles. The third-order valence-electron chi connectivity index (χ3n) is 2.60. The highest BCUT2D eigenvalue weighted by Gasteiger charge is 2.16. The zero-order chi connectivity index (χ0) is 14.5. The van der Waals surface area contributed by atoms with Gasteiger partial charge in [-0.1, -0.05) is 12.1 Å². The molecule has 0 fully saturated rings. The van der Waals surface area contributed by atoms with Gasteiger partial charge in [0.25, 0.3) is 0 Å². The number of esters is 1. The molecule has 19 heavy (non-hydrogen) atoms. The van der Waals surface area contributed by atoms with Gasteiger partial charge in [-0.15, -0.1) is 0 Å². The number of nitrogens with one attached hydrogen (secondary N) is 1. The topological polar surface area (TPSA) is 81.4 Å². The summed E-state index contributed by atoms with van der Waals surface area (Å²) in [4.78, 5) is 23.3. The van der Waals surface area contributed by atoms with Crippen molar-refractivity contribution in [2.75, 3.05) is 12.4 Å². The molecule has 0 spiro atoms. The second-order valence-corrected chi connectivity index (χ2v) is 5.07. The lowest BCUT2D eigenvalue weighted by molar-refractivity contribution is -0.116. The minimum Gasteiger partial charge on any atom is -0.465 e. The number of methoxy groups -OCH3 is 1. The van der Waals surface area contributed by atoms with E-state index in [1.54, 1.807) is 24.3 Å². The van der Waals surface area contributed by atoms with Crippen molar-refractivity contribution in [1.82, 2.24) is 0 Å². The summed E-state index contributed by atoms with van der Waals surface area (Å²) in [5.41, 5.74) is 6.22. The normalized spacial score (nSPS) is 10.9. The van der Waals surface area contributed by atoms with Crippen LogP contribution in [0.1, 0.15) is 37.0 Å². The Balaban J connectivity index is 2.72. The van der Waals surface area contributed by atoms with Gasteiger partial charge in [0, 0.05) is 12.0 Å². The summed E-state index contributed by atoms with van der Waals surface area (Å²) in [5, 5.41) is 2.70. The molecule has 3 N–H and O–H groups in total. The number of ether oxygens (including phenoxy) is 1. The van der Waals surface area contributed by atoms with Gasteiger partial charge in [0.05, 0.1) is 18.4 Å². The molecule has 1 aromatic rings. The van der Waals surface area contributed by atoms with Gasteiger partial charge in [0.2, 0.25) is 5.91 Å². The Kier molecular flexibility index (Phi) is 5.06. The molecule has 0 saturated heterocycles. The highest BCUT2D eigenvalue weighted by atomic mass is 16.5. The van der Waals surface area contributed by atoms with Crippen LogP contribution in [0.15, 0.2) is 24.3 Å². The lowest BCUT2D eigenvalue weighted by Gasteiger charge is -2.17. The number of amides is 1. The molecule has 1 rings (SSSR count). The largest absolute Gasteiger partial charge is 0.465 e. The average molecular weight is 264 g/mol. The van der Waals surface area contributed by atoms with Crippen LogP contribution in [0.3, 0.4) is 0 Å². The van der Waals surface area contributed by atoms with Crippen molar-refractivity contribution in [2.45, 2.75) is 32.2 Å². The Hall–Kier alpha value is -1.88. The number of nitrogens with two attached hydrogens (primary N) is 1. The lowest BCUT2D eigenvalue weighted by Crippen LogP contribution is -2.33. The van der Waals surface area contributed by atoms with Crippen LogP contribution in [0.2, 0.25) is 0 Å². The van der Waals surface area contributed by atoms with Crippen LogP contribution < -0.4 is 11.1 Å². The van der Waals surface area contributed by atoms with Gasteiger partial charge in [-0.05, 0) is 32.4 Å². The third-order valence-corrected chi connectivity index (χ3v) is 2.60. The molecule has 0 aromatic heterocycles. The molecule has 0 aliphatic carbocycles. The zero-order valence-corrected chi connectivity index (χ0v) is 11.5. The van der Waals surface area contributed by atoms with Crippen LogP contribution in [0.4, 0.5) is 5.69 Å². The van der Waals surface area contributed by atoms with Gasteiger partial charge in [0.1, 0.15) is 0 Å². The number of carbonyl (C=O) groups excluding carboxylic acids is 2. The van der Waals surface area contributed by atoms with Crippen molar-refractivity contribution in [3.8, 4) is 0 Å². The van der Waals surface area contributed by atoms with Crippen LogP contribution in [0, 0.1) is 0 Å². The van der Waals surface area contributed by atoms with E-state index in [9.17, 15) is 9.59 Å². The van der Waals surface area contributed by atoms with Crippen LogP contribution in [0.5, 0.6) is 0 Å². The fraction of sp³-hybridized carbons (Fsp3) is 0.429. The van der Waals surface area contributed by atoms with E-state index in [1.165, 1.54) is 7.11 Å². The van der Waals surface area contributed by atoms with E-state index < -0.39 is 5.97 Å². The molecular formula is C14H20N2O3. The molecule has 5 heteroatoms. The number of hydrogen-bond acceptors (Lipinski definition) is 4. The van der Waals surface area contributed by atoms with Gasteiger partial charge < -0.3 is 15.8 Å². The predicted octanol–water partition coefficient (Wildman–Crippen LogP) is 1.93. The highest BCUT2D eigenvalue weighted by molar-refractivity contribution is 6.01. The van der Waals surface area contributed by atoms with Gasteiger partial charge >= 0.3 is 5.97 Å². The number of benzene rings is 1. The third kappa shape index (κ3) is 5.09. The van der Waals surface area contributed by atoms with Crippen molar-refractivity contribution in [3.63, 3.8) is 0 Å². The lowest BCUT2D eigenvalue weighted by atomic mass is 10.00. The molecule has 0 bridgehead atoms. The molecule has 0 unspecified atom stereocenters. The van der Waals surface area contributed by atoms with Crippen molar-refractivity contribution < 1.29 is 14.3 Å². The minimum absolute atomic E-state index is 0.171. The smallest absolute Gasteiger partial charge is 0.339 e. The van der Waals surface area contributed by atoms with E-state index in [0.717, 1.165) is 0 Å². The fourth-order valence-corrected chi connectivity index (χ4v) is 1.53. The van der Waals surface area contributed by atoms with Crippen LogP contribution >= 0.6 is 0 Å². The second kappa shape index (κ2) is 6.33. The first-order valence-electron chi connectivity index (χ1n) is 6.09. The van der Waals surface area contributed by atoms with Crippen LogP contribution in [-0.2, 0) is 9.53 Å². The molecule has 0 atom stereocenters. The average Bonchev–Trinajstić information content (AvgIpc) is 2.35. The van der Waals surface area contributed by atoms with Crippen molar-refractivity contribution in [1.29, 1.82) is 0 Å². The van der Waals surface area contributed by atoms with E-state index >= 15 is 0 Å². The quantitative estimate of drug-likeness (QED) is 0.796. The molecular weight excluding hydrogens is 244 g/mol. The van der Waals surface area contributed by atoms with Crippen molar-refractivity contribution in [2.24, 2.45) is 5.73 Å². The Morgan fingerprint density at radius 3 is 2.53 bits per heavy atom. The van der Waals surface area contributed by atoms with E-state index in [4.69, 9.17) is 5.73 Å². The maximum absolute atomic E-state index is 11.8. The molecule has 0 radical (unpaired) electrons. The van der Waals surface area contributed by atoms with Crippen molar-refractivity contribution >= 4 is 17.6 Å². The van der Waals surface area contributed by atoms with Gasteiger partial charge in [-0.3, -0.25) is 4.79 Å². The standard InChI is InChI=1S/C14H20N2O3/c1-14(2,15)9-8-12(17)16-11-7-5-4-6-10(11)13(18)19-3/h4-7H,8-9,15H2,1-3H3,(H,16,17). The summed E-state index contributed by atoms with van der Waals surface area (Å²) < 4.78 is 4.66. The Bertz CT molecular complexity index is 464. The van der Waals surface area contributed by atoms with Crippen LogP contribution in [-0.4, -0.2) is 24.5 Å². The molecule has 104 valence electrons. The molecule has 0 aliphatic heterocycles. The first-order chi connectivity index (χ1) is 8.83. The summed E-state index contributed by atoms with van der Waals surface area (Å²) in [6, 6.07) is 6.73. The molecule has 5 nitrogen and oxygen atoms in total. The van der Waals surface area contributed by atoms with E-state index in [-0.39, 0.29) is 11.4 Å². The first-order valence-corrected chi connectivity index (χ1v) is 6.09. The van der Waals surface area contributed by atoms with E-state index in [2.05, 4.69) is 10.1 Å². The Labute approximate surface area is 113 Å². The van der Waals surface area contributed by atoms with E-state index in [0.29, 0.717) is 24.1 Å². The maximum atomic E-state index is 11.8. The summed E-state index contributed by atoms with van der Waals surface area (Å²) >= 11 is 0. The minimum atomic E-state index is -0.477. The molecule has 1 aromatic carbocycles. The zero-order valence-electron chi connectivity index (χ0n) is 11.5. The molecule has 0 aliphatic rings. The monoisotopic (exact) mass is 264 g/mol. The number of para-hydroxylation sites is 1.